The minimum atomic E-state index is -0.418. The zero-order valence-electron chi connectivity index (χ0n) is 21.3. The summed E-state index contributed by atoms with van der Waals surface area (Å²) in [7, 11) is 6.26. The third-order valence-electron chi connectivity index (χ3n) is 5.74. The van der Waals surface area contributed by atoms with Gasteiger partial charge in [-0.05, 0) is 49.2 Å². The molecule has 10 nitrogen and oxygen atoms in total. The number of aromatic nitrogens is 3. The molecule has 2 aromatic carbocycles. The maximum absolute atomic E-state index is 13.1. The van der Waals surface area contributed by atoms with Crippen molar-refractivity contribution in [1.29, 1.82) is 0 Å². The number of fused-ring (bicyclic) bond motifs is 1. The summed E-state index contributed by atoms with van der Waals surface area (Å²) in [6.45, 7) is 1.97. The Morgan fingerprint density at radius 3 is 2.27 bits per heavy atom. The topological polar surface area (TPSA) is 114 Å². The van der Waals surface area contributed by atoms with Crippen molar-refractivity contribution in [3.05, 3.63) is 57.3 Å². The standard InChI is InChI=1S/C26H28N4O6S/c1-15-28-24-25(37-15)23(17-7-9-19(34-3)21(13-17)36-5)29-30(26(24)32)14-22(31)27-11-10-16-6-8-18(33-2)20(12-16)35-4/h6-9,12-13H,10-11,14H2,1-5H3,(H,27,31). The molecule has 37 heavy (non-hydrogen) atoms. The van der Waals surface area contributed by atoms with Crippen LogP contribution in [-0.4, -0.2) is 55.7 Å². The molecular weight excluding hydrogens is 496 g/mol. The molecule has 0 aliphatic rings. The summed E-state index contributed by atoms with van der Waals surface area (Å²) in [5.74, 6) is 2.03. The smallest absolute Gasteiger partial charge is 0.294 e. The average Bonchev–Trinajstić information content (AvgIpc) is 3.31. The molecule has 0 saturated heterocycles. The number of ether oxygens (including phenoxy) is 4. The summed E-state index contributed by atoms with van der Waals surface area (Å²) in [5.41, 5.74) is 2.09. The number of rotatable bonds is 10. The first kappa shape index (κ1) is 26.0. The van der Waals surface area contributed by atoms with Gasteiger partial charge in [0.1, 0.15) is 12.2 Å². The molecule has 0 aliphatic heterocycles. The van der Waals surface area contributed by atoms with Gasteiger partial charge in [0, 0.05) is 12.1 Å². The lowest BCUT2D eigenvalue weighted by Gasteiger charge is -2.12. The van der Waals surface area contributed by atoms with Crippen LogP contribution in [0.4, 0.5) is 0 Å². The maximum Gasteiger partial charge on any atom is 0.294 e. The van der Waals surface area contributed by atoms with Crippen LogP contribution in [0.2, 0.25) is 0 Å². The normalized spacial score (nSPS) is 10.8. The molecule has 0 unspecified atom stereocenters. The first-order valence-corrected chi connectivity index (χ1v) is 12.3. The molecule has 1 N–H and O–H groups in total. The van der Waals surface area contributed by atoms with Gasteiger partial charge >= 0.3 is 0 Å². The van der Waals surface area contributed by atoms with E-state index in [1.165, 1.54) is 11.3 Å². The van der Waals surface area contributed by atoms with Gasteiger partial charge in [0.25, 0.3) is 5.56 Å². The first-order valence-electron chi connectivity index (χ1n) is 11.5. The first-order chi connectivity index (χ1) is 17.9. The van der Waals surface area contributed by atoms with E-state index in [1.54, 1.807) is 40.6 Å². The van der Waals surface area contributed by atoms with Crippen LogP contribution < -0.4 is 29.8 Å². The summed E-state index contributed by atoms with van der Waals surface area (Å²) in [5, 5.41) is 8.13. The van der Waals surface area contributed by atoms with Crippen molar-refractivity contribution < 1.29 is 23.7 Å². The monoisotopic (exact) mass is 524 g/mol. The highest BCUT2D eigenvalue weighted by Crippen LogP contribution is 2.35. The predicted octanol–water partition coefficient (Wildman–Crippen LogP) is 3.22. The second-order valence-electron chi connectivity index (χ2n) is 8.08. The van der Waals surface area contributed by atoms with Crippen molar-refractivity contribution in [3.8, 4) is 34.3 Å². The zero-order valence-corrected chi connectivity index (χ0v) is 22.1. The lowest BCUT2D eigenvalue weighted by atomic mass is 10.1. The number of methoxy groups -OCH3 is 4. The van der Waals surface area contributed by atoms with E-state index in [0.29, 0.717) is 51.9 Å². The second kappa shape index (κ2) is 11.3. The molecule has 0 aliphatic carbocycles. The summed E-state index contributed by atoms with van der Waals surface area (Å²) in [6.07, 6.45) is 0.579. The highest BCUT2D eigenvalue weighted by molar-refractivity contribution is 7.19. The fourth-order valence-corrected chi connectivity index (χ4v) is 4.84. The molecule has 2 aromatic heterocycles. The molecule has 1 amide bonds. The molecule has 0 spiro atoms. The Hall–Kier alpha value is -4.12. The van der Waals surface area contributed by atoms with Crippen molar-refractivity contribution in [2.24, 2.45) is 0 Å². The van der Waals surface area contributed by atoms with Crippen molar-refractivity contribution in [3.63, 3.8) is 0 Å². The van der Waals surface area contributed by atoms with E-state index in [9.17, 15) is 9.59 Å². The Labute approximate surface area is 217 Å². The maximum atomic E-state index is 13.1. The van der Waals surface area contributed by atoms with E-state index in [1.807, 2.05) is 31.2 Å². The number of carbonyl (C=O) groups excluding carboxylic acids is 1. The number of thiazole rings is 1. The highest BCUT2D eigenvalue weighted by atomic mass is 32.1. The number of hydrogen-bond acceptors (Lipinski definition) is 9. The van der Waals surface area contributed by atoms with E-state index in [-0.39, 0.29) is 18.0 Å². The molecule has 11 heteroatoms. The third kappa shape index (κ3) is 5.51. The van der Waals surface area contributed by atoms with Crippen LogP contribution in [0.1, 0.15) is 10.6 Å². The van der Waals surface area contributed by atoms with Gasteiger partial charge < -0.3 is 24.3 Å². The van der Waals surface area contributed by atoms with Crippen LogP contribution in [0, 0.1) is 6.92 Å². The van der Waals surface area contributed by atoms with Crippen LogP contribution >= 0.6 is 11.3 Å². The summed E-state index contributed by atoms with van der Waals surface area (Å²) in [4.78, 5) is 30.3. The lowest BCUT2D eigenvalue weighted by molar-refractivity contribution is -0.121. The fourth-order valence-electron chi connectivity index (χ4n) is 3.92. The Morgan fingerprint density at radius 1 is 0.946 bits per heavy atom. The van der Waals surface area contributed by atoms with Crippen molar-refractivity contribution >= 4 is 27.5 Å². The van der Waals surface area contributed by atoms with Gasteiger partial charge in [-0.15, -0.1) is 11.3 Å². The van der Waals surface area contributed by atoms with E-state index >= 15 is 0 Å². The number of nitrogens with one attached hydrogen (secondary N) is 1. The predicted molar refractivity (Wildman–Crippen MR) is 141 cm³/mol. The summed E-state index contributed by atoms with van der Waals surface area (Å²) < 4.78 is 23.2. The Balaban J connectivity index is 1.56. The Kier molecular flexibility index (Phi) is 7.92. The molecular formula is C26H28N4O6S. The van der Waals surface area contributed by atoms with Crippen LogP contribution in [0.25, 0.3) is 21.5 Å². The molecule has 0 bridgehead atoms. The van der Waals surface area contributed by atoms with Crippen LogP contribution in [0.5, 0.6) is 23.0 Å². The summed E-state index contributed by atoms with van der Waals surface area (Å²) >= 11 is 1.38. The lowest BCUT2D eigenvalue weighted by Crippen LogP contribution is -2.35. The minimum Gasteiger partial charge on any atom is -0.493 e. The van der Waals surface area contributed by atoms with Crippen LogP contribution in [0.15, 0.2) is 41.2 Å². The highest BCUT2D eigenvalue weighted by Gasteiger charge is 2.19. The molecule has 194 valence electrons. The van der Waals surface area contributed by atoms with Gasteiger partial charge in [0.2, 0.25) is 5.91 Å². The quantitative estimate of drug-likeness (QED) is 0.336. The number of hydrogen-bond donors (Lipinski definition) is 1. The molecule has 4 rings (SSSR count). The molecule has 2 heterocycles. The van der Waals surface area contributed by atoms with Gasteiger partial charge in [-0.3, -0.25) is 9.59 Å². The molecule has 4 aromatic rings. The molecule has 0 saturated carbocycles. The SMILES string of the molecule is COc1ccc(CCNC(=O)Cn2nc(-c3ccc(OC)c(OC)c3)c3sc(C)nc3c2=O)cc1OC. The number of amides is 1. The number of aryl methyl sites for hydroxylation is 1. The van der Waals surface area contributed by atoms with Crippen LogP contribution in [0.3, 0.4) is 0 Å². The van der Waals surface area contributed by atoms with E-state index < -0.39 is 5.56 Å². The van der Waals surface area contributed by atoms with E-state index in [2.05, 4.69) is 15.4 Å². The third-order valence-corrected chi connectivity index (χ3v) is 6.72. The van der Waals surface area contributed by atoms with E-state index in [4.69, 9.17) is 18.9 Å². The molecule has 0 atom stereocenters. The average molecular weight is 525 g/mol. The largest absolute Gasteiger partial charge is 0.493 e. The number of nitrogens with zero attached hydrogens (tertiary/aromatic N) is 3. The van der Waals surface area contributed by atoms with Crippen molar-refractivity contribution in [1.82, 2.24) is 20.1 Å². The molecule has 0 radical (unpaired) electrons. The number of carbonyl (C=O) groups is 1. The Morgan fingerprint density at radius 2 is 1.59 bits per heavy atom. The van der Waals surface area contributed by atoms with Crippen molar-refractivity contribution in [2.45, 2.75) is 19.9 Å². The van der Waals surface area contributed by atoms with E-state index in [0.717, 1.165) is 15.3 Å². The zero-order chi connectivity index (χ0) is 26.5. The second-order valence-corrected chi connectivity index (χ2v) is 9.28. The van der Waals surface area contributed by atoms with Gasteiger partial charge in [-0.2, -0.15) is 5.10 Å². The summed E-state index contributed by atoms with van der Waals surface area (Å²) in [6, 6.07) is 11.0. The van der Waals surface area contributed by atoms with Gasteiger partial charge in [0.15, 0.2) is 28.5 Å². The van der Waals surface area contributed by atoms with Gasteiger partial charge in [-0.1, -0.05) is 6.07 Å². The number of benzene rings is 2. The minimum absolute atomic E-state index is 0.239. The van der Waals surface area contributed by atoms with Crippen molar-refractivity contribution in [2.75, 3.05) is 35.0 Å². The fraction of sp³-hybridized carbons (Fsp3) is 0.308. The van der Waals surface area contributed by atoms with Crippen LogP contribution in [-0.2, 0) is 17.8 Å². The van der Waals surface area contributed by atoms with Gasteiger partial charge in [0.05, 0.1) is 38.1 Å². The Bertz CT molecular complexity index is 1500. The van der Waals surface area contributed by atoms with Gasteiger partial charge in [-0.25, -0.2) is 9.67 Å². The molecule has 0 fully saturated rings.